The first-order chi connectivity index (χ1) is 8.65. The molecule has 2 rings (SSSR count). The highest BCUT2D eigenvalue weighted by molar-refractivity contribution is 5.72. The van der Waals surface area contributed by atoms with E-state index in [1.165, 1.54) is 0 Å². The molecule has 2 N–H and O–H groups in total. The molecule has 1 fully saturated rings. The number of nitrogens with one attached hydrogen (secondary N) is 1. The molecule has 3 unspecified atom stereocenters. The minimum absolute atomic E-state index is 0.00477. The summed E-state index contributed by atoms with van der Waals surface area (Å²) in [6.07, 6.45) is 3.27. The first kappa shape index (κ1) is 13.1. The van der Waals surface area contributed by atoms with Gasteiger partial charge < -0.3 is 19.6 Å². The van der Waals surface area contributed by atoms with Crippen LogP contribution in [0.3, 0.4) is 0 Å². The first-order valence-corrected chi connectivity index (χ1v) is 6.29. The summed E-state index contributed by atoms with van der Waals surface area (Å²) in [5, 5.41) is 12.2. The van der Waals surface area contributed by atoms with Crippen LogP contribution in [0.15, 0.2) is 22.8 Å². The van der Waals surface area contributed by atoms with Crippen molar-refractivity contribution in [1.82, 2.24) is 5.32 Å². The quantitative estimate of drug-likeness (QED) is 0.802. The van der Waals surface area contributed by atoms with E-state index in [0.29, 0.717) is 13.0 Å². The Labute approximate surface area is 106 Å². The standard InChI is InChI=1S/C13H19NO4/c1-9(7-10-3-2-6-17-10)14-8-11-4-5-12(18-11)13(15)16/h2-3,6,9,11-12,14H,4-5,7-8H2,1H3,(H,15,16). The van der Waals surface area contributed by atoms with E-state index in [9.17, 15) is 4.79 Å². The Kier molecular flexibility index (Phi) is 4.38. The van der Waals surface area contributed by atoms with Gasteiger partial charge in [-0.15, -0.1) is 0 Å². The molecule has 5 heteroatoms. The summed E-state index contributed by atoms with van der Waals surface area (Å²) >= 11 is 0. The molecule has 0 spiro atoms. The van der Waals surface area contributed by atoms with E-state index in [0.717, 1.165) is 18.6 Å². The predicted molar refractivity (Wildman–Crippen MR) is 65.4 cm³/mol. The van der Waals surface area contributed by atoms with Crippen molar-refractivity contribution in [2.45, 2.75) is 44.4 Å². The molecule has 1 aromatic heterocycles. The van der Waals surface area contributed by atoms with Crippen LogP contribution in [0.5, 0.6) is 0 Å². The van der Waals surface area contributed by atoms with Crippen molar-refractivity contribution >= 4 is 5.97 Å². The topological polar surface area (TPSA) is 71.7 Å². The van der Waals surface area contributed by atoms with Gasteiger partial charge in [0.1, 0.15) is 5.76 Å². The average molecular weight is 253 g/mol. The lowest BCUT2D eigenvalue weighted by Gasteiger charge is -2.16. The molecule has 1 aliphatic rings. The molecular weight excluding hydrogens is 234 g/mol. The SMILES string of the molecule is CC(Cc1ccco1)NCC1CCC(C(=O)O)O1. The third-order valence-corrected chi connectivity index (χ3v) is 3.16. The van der Waals surface area contributed by atoms with Crippen molar-refractivity contribution in [3.63, 3.8) is 0 Å². The highest BCUT2D eigenvalue weighted by atomic mass is 16.5. The first-order valence-electron chi connectivity index (χ1n) is 6.29. The Balaban J connectivity index is 1.67. The van der Waals surface area contributed by atoms with Gasteiger partial charge in [0.15, 0.2) is 6.10 Å². The largest absolute Gasteiger partial charge is 0.479 e. The zero-order valence-electron chi connectivity index (χ0n) is 10.5. The van der Waals surface area contributed by atoms with Crippen LogP contribution < -0.4 is 5.32 Å². The van der Waals surface area contributed by atoms with E-state index in [1.807, 2.05) is 12.1 Å². The fourth-order valence-electron chi connectivity index (χ4n) is 2.17. The van der Waals surface area contributed by atoms with Crippen molar-refractivity contribution in [2.75, 3.05) is 6.54 Å². The Bertz CT molecular complexity index is 376. The number of hydrogen-bond acceptors (Lipinski definition) is 4. The van der Waals surface area contributed by atoms with Crippen LogP contribution in [0.1, 0.15) is 25.5 Å². The molecule has 2 heterocycles. The van der Waals surface area contributed by atoms with Crippen LogP contribution in [0.2, 0.25) is 0 Å². The molecule has 0 aromatic carbocycles. The lowest BCUT2D eigenvalue weighted by molar-refractivity contribution is -0.149. The Morgan fingerprint density at radius 2 is 2.44 bits per heavy atom. The molecule has 0 bridgehead atoms. The number of ether oxygens (including phenoxy) is 1. The van der Waals surface area contributed by atoms with Crippen molar-refractivity contribution < 1.29 is 19.1 Å². The summed E-state index contributed by atoms with van der Waals surface area (Å²) in [5.74, 6) is 0.0897. The van der Waals surface area contributed by atoms with E-state index in [1.54, 1.807) is 6.26 Å². The minimum Gasteiger partial charge on any atom is -0.479 e. The van der Waals surface area contributed by atoms with E-state index >= 15 is 0 Å². The molecule has 1 saturated heterocycles. The molecular formula is C13H19NO4. The minimum atomic E-state index is -0.860. The summed E-state index contributed by atoms with van der Waals surface area (Å²) in [5.41, 5.74) is 0. The van der Waals surface area contributed by atoms with Gasteiger partial charge >= 0.3 is 5.97 Å². The fourth-order valence-corrected chi connectivity index (χ4v) is 2.17. The van der Waals surface area contributed by atoms with Gasteiger partial charge in [0, 0.05) is 19.0 Å². The van der Waals surface area contributed by atoms with Gasteiger partial charge in [0.2, 0.25) is 0 Å². The fraction of sp³-hybridized carbons (Fsp3) is 0.615. The van der Waals surface area contributed by atoms with Gasteiger partial charge in [-0.05, 0) is 31.9 Å². The number of carboxylic acids is 1. The summed E-state index contributed by atoms with van der Waals surface area (Å²) in [4.78, 5) is 10.7. The normalized spacial score (nSPS) is 25.2. The Hall–Kier alpha value is -1.33. The number of hydrogen-bond donors (Lipinski definition) is 2. The van der Waals surface area contributed by atoms with E-state index < -0.39 is 12.1 Å². The van der Waals surface area contributed by atoms with Crippen molar-refractivity contribution in [3.05, 3.63) is 24.2 Å². The molecule has 0 saturated carbocycles. The summed E-state index contributed by atoms with van der Waals surface area (Å²) < 4.78 is 10.7. The second-order valence-corrected chi connectivity index (χ2v) is 4.76. The second-order valence-electron chi connectivity index (χ2n) is 4.76. The van der Waals surface area contributed by atoms with E-state index in [-0.39, 0.29) is 12.1 Å². The smallest absolute Gasteiger partial charge is 0.332 e. The summed E-state index contributed by atoms with van der Waals surface area (Å²) in [7, 11) is 0. The molecule has 1 aliphatic heterocycles. The number of carbonyl (C=O) groups is 1. The van der Waals surface area contributed by atoms with Crippen LogP contribution in [0.4, 0.5) is 0 Å². The van der Waals surface area contributed by atoms with Gasteiger partial charge in [-0.3, -0.25) is 0 Å². The molecule has 3 atom stereocenters. The highest BCUT2D eigenvalue weighted by Crippen LogP contribution is 2.19. The van der Waals surface area contributed by atoms with Gasteiger partial charge in [-0.25, -0.2) is 4.79 Å². The molecule has 0 radical (unpaired) electrons. The molecule has 100 valence electrons. The summed E-state index contributed by atoms with van der Waals surface area (Å²) in [6, 6.07) is 4.10. The molecule has 18 heavy (non-hydrogen) atoms. The zero-order chi connectivity index (χ0) is 13.0. The number of aliphatic carboxylic acids is 1. The zero-order valence-corrected chi connectivity index (χ0v) is 10.5. The van der Waals surface area contributed by atoms with Gasteiger partial charge in [0.05, 0.1) is 12.4 Å². The van der Waals surface area contributed by atoms with Crippen LogP contribution in [0, 0.1) is 0 Å². The summed E-state index contributed by atoms with van der Waals surface area (Å²) in [6.45, 7) is 2.76. The van der Waals surface area contributed by atoms with Crippen molar-refractivity contribution in [1.29, 1.82) is 0 Å². The average Bonchev–Trinajstić information content (AvgIpc) is 2.96. The van der Waals surface area contributed by atoms with Crippen LogP contribution in [-0.4, -0.2) is 35.9 Å². The molecule has 0 amide bonds. The second kappa shape index (κ2) is 6.02. The van der Waals surface area contributed by atoms with Crippen molar-refractivity contribution in [2.24, 2.45) is 0 Å². The third kappa shape index (κ3) is 3.58. The number of carboxylic acid groups (broad SMARTS) is 1. The maximum Gasteiger partial charge on any atom is 0.332 e. The van der Waals surface area contributed by atoms with Crippen molar-refractivity contribution in [3.8, 4) is 0 Å². The maximum atomic E-state index is 10.7. The Morgan fingerprint density at radius 1 is 1.61 bits per heavy atom. The van der Waals surface area contributed by atoms with Crippen LogP contribution in [-0.2, 0) is 16.0 Å². The van der Waals surface area contributed by atoms with E-state index in [4.69, 9.17) is 14.3 Å². The third-order valence-electron chi connectivity index (χ3n) is 3.16. The number of rotatable bonds is 6. The monoisotopic (exact) mass is 253 g/mol. The van der Waals surface area contributed by atoms with E-state index in [2.05, 4.69) is 12.2 Å². The van der Waals surface area contributed by atoms with Gasteiger partial charge in [-0.2, -0.15) is 0 Å². The highest BCUT2D eigenvalue weighted by Gasteiger charge is 2.30. The van der Waals surface area contributed by atoms with Crippen LogP contribution in [0.25, 0.3) is 0 Å². The molecule has 0 aliphatic carbocycles. The van der Waals surface area contributed by atoms with Gasteiger partial charge in [-0.1, -0.05) is 0 Å². The Morgan fingerprint density at radius 3 is 3.06 bits per heavy atom. The number of furan rings is 1. The van der Waals surface area contributed by atoms with Crippen LogP contribution >= 0.6 is 0 Å². The lowest BCUT2D eigenvalue weighted by atomic mass is 10.1. The van der Waals surface area contributed by atoms with Gasteiger partial charge in [0.25, 0.3) is 0 Å². The maximum absolute atomic E-state index is 10.7. The molecule has 5 nitrogen and oxygen atoms in total. The molecule has 1 aromatic rings. The lowest BCUT2D eigenvalue weighted by Crippen LogP contribution is -2.35. The predicted octanol–water partition coefficient (Wildman–Crippen LogP) is 1.43.